The van der Waals surface area contributed by atoms with E-state index in [4.69, 9.17) is 5.73 Å². The van der Waals surface area contributed by atoms with Crippen LogP contribution in [0.4, 0.5) is 10.7 Å². The summed E-state index contributed by atoms with van der Waals surface area (Å²) in [7, 11) is 0. The van der Waals surface area contributed by atoms with E-state index in [1.165, 1.54) is 5.00 Å². The van der Waals surface area contributed by atoms with Gasteiger partial charge in [0.25, 0.3) is 0 Å². The van der Waals surface area contributed by atoms with Crippen molar-refractivity contribution < 1.29 is 4.79 Å². The highest BCUT2D eigenvalue weighted by atomic mass is 35.5. The fraction of sp³-hybridized carbons (Fsp3) is 0.312. The standard InChI is InChI=1S/C16H19N3OS.2ClH/c17-14-5-3-13(4-6-14)12-15(20)18-7-9-19(10-8-18)16-2-1-11-21-16;;/h1-6,11H,7-10,12,17H2;2*1H. The van der Waals surface area contributed by atoms with E-state index in [2.05, 4.69) is 22.4 Å². The molecule has 7 heteroatoms. The zero-order valence-corrected chi connectivity index (χ0v) is 15.1. The molecular weight excluding hydrogens is 353 g/mol. The lowest BCUT2D eigenvalue weighted by molar-refractivity contribution is -0.130. The molecule has 1 saturated heterocycles. The number of piperazine rings is 1. The van der Waals surface area contributed by atoms with Crippen molar-refractivity contribution in [2.45, 2.75) is 6.42 Å². The van der Waals surface area contributed by atoms with Crippen LogP contribution in [0, 0.1) is 0 Å². The fourth-order valence-electron chi connectivity index (χ4n) is 2.55. The molecule has 1 fully saturated rings. The van der Waals surface area contributed by atoms with Gasteiger partial charge < -0.3 is 15.5 Å². The van der Waals surface area contributed by atoms with Crippen molar-refractivity contribution in [3.05, 3.63) is 47.3 Å². The van der Waals surface area contributed by atoms with E-state index in [0.29, 0.717) is 6.42 Å². The Balaban J connectivity index is 0.00000132. The summed E-state index contributed by atoms with van der Waals surface area (Å²) in [5, 5.41) is 3.38. The molecule has 0 bridgehead atoms. The molecule has 4 nitrogen and oxygen atoms in total. The number of anilines is 2. The topological polar surface area (TPSA) is 49.6 Å². The summed E-state index contributed by atoms with van der Waals surface area (Å²) in [5.74, 6) is 0.200. The number of nitrogen functional groups attached to an aromatic ring is 1. The Morgan fingerprint density at radius 1 is 1.04 bits per heavy atom. The Morgan fingerprint density at radius 3 is 2.26 bits per heavy atom. The highest BCUT2D eigenvalue weighted by Crippen LogP contribution is 2.22. The Hall–Kier alpha value is -1.43. The highest BCUT2D eigenvalue weighted by Gasteiger charge is 2.21. The van der Waals surface area contributed by atoms with Gasteiger partial charge in [0.05, 0.1) is 11.4 Å². The average Bonchev–Trinajstić information content (AvgIpc) is 3.04. The van der Waals surface area contributed by atoms with Gasteiger partial charge in [-0.2, -0.15) is 0 Å². The summed E-state index contributed by atoms with van der Waals surface area (Å²) >= 11 is 1.75. The maximum atomic E-state index is 12.3. The van der Waals surface area contributed by atoms with Crippen LogP contribution in [0.3, 0.4) is 0 Å². The summed E-state index contributed by atoms with van der Waals surface area (Å²) < 4.78 is 0. The average molecular weight is 374 g/mol. The van der Waals surface area contributed by atoms with Crippen molar-refractivity contribution in [2.24, 2.45) is 0 Å². The predicted octanol–water partition coefficient (Wildman–Crippen LogP) is 3.07. The summed E-state index contributed by atoms with van der Waals surface area (Å²) in [5.41, 5.74) is 7.42. The van der Waals surface area contributed by atoms with Gasteiger partial charge in [-0.25, -0.2) is 0 Å². The molecule has 2 heterocycles. The number of carbonyl (C=O) groups is 1. The number of rotatable bonds is 3. The van der Waals surface area contributed by atoms with Gasteiger partial charge in [-0.1, -0.05) is 12.1 Å². The van der Waals surface area contributed by atoms with Crippen molar-refractivity contribution in [3.63, 3.8) is 0 Å². The molecule has 2 N–H and O–H groups in total. The number of nitrogens with zero attached hydrogens (tertiary/aromatic N) is 2. The van der Waals surface area contributed by atoms with E-state index in [1.807, 2.05) is 29.2 Å². The lowest BCUT2D eigenvalue weighted by Crippen LogP contribution is -2.49. The number of thiophene rings is 1. The molecule has 0 aliphatic carbocycles. The molecule has 1 aliphatic rings. The highest BCUT2D eigenvalue weighted by molar-refractivity contribution is 7.14. The smallest absolute Gasteiger partial charge is 0.227 e. The van der Waals surface area contributed by atoms with Gasteiger partial charge in [0.15, 0.2) is 0 Å². The van der Waals surface area contributed by atoms with Crippen LogP contribution in [-0.2, 0) is 11.2 Å². The van der Waals surface area contributed by atoms with Crippen LogP contribution in [0.2, 0.25) is 0 Å². The van der Waals surface area contributed by atoms with Gasteiger partial charge in [0.1, 0.15) is 0 Å². The molecular formula is C16H21Cl2N3OS. The van der Waals surface area contributed by atoms with E-state index >= 15 is 0 Å². The molecule has 1 amide bonds. The molecule has 1 aromatic heterocycles. The predicted molar refractivity (Wildman–Crippen MR) is 102 cm³/mol. The zero-order valence-electron chi connectivity index (χ0n) is 12.7. The fourth-order valence-corrected chi connectivity index (χ4v) is 3.33. The van der Waals surface area contributed by atoms with E-state index in [1.54, 1.807) is 11.3 Å². The largest absolute Gasteiger partial charge is 0.399 e. The van der Waals surface area contributed by atoms with Crippen LogP contribution in [0.1, 0.15) is 5.56 Å². The monoisotopic (exact) mass is 373 g/mol. The minimum Gasteiger partial charge on any atom is -0.399 e. The van der Waals surface area contributed by atoms with Gasteiger partial charge >= 0.3 is 0 Å². The maximum Gasteiger partial charge on any atom is 0.227 e. The third kappa shape index (κ3) is 5.03. The molecule has 0 radical (unpaired) electrons. The van der Waals surface area contributed by atoms with E-state index in [-0.39, 0.29) is 30.7 Å². The number of halogens is 2. The van der Waals surface area contributed by atoms with Gasteiger partial charge in [-0.05, 0) is 35.2 Å². The molecule has 126 valence electrons. The Kier molecular flexibility index (Phi) is 7.68. The van der Waals surface area contributed by atoms with Crippen molar-refractivity contribution in [3.8, 4) is 0 Å². The molecule has 23 heavy (non-hydrogen) atoms. The third-order valence-electron chi connectivity index (χ3n) is 3.79. The lowest BCUT2D eigenvalue weighted by Gasteiger charge is -2.35. The molecule has 0 saturated carbocycles. The molecule has 0 spiro atoms. The number of nitrogens with two attached hydrogens (primary N) is 1. The molecule has 0 atom stereocenters. The normalized spacial score (nSPS) is 13.9. The minimum absolute atomic E-state index is 0. The first-order valence-electron chi connectivity index (χ1n) is 7.13. The number of hydrogen-bond donors (Lipinski definition) is 1. The third-order valence-corrected chi connectivity index (χ3v) is 4.71. The first-order valence-corrected chi connectivity index (χ1v) is 8.01. The van der Waals surface area contributed by atoms with Crippen molar-refractivity contribution in [1.82, 2.24) is 4.90 Å². The Bertz CT molecular complexity index is 596. The van der Waals surface area contributed by atoms with Crippen LogP contribution >= 0.6 is 36.2 Å². The van der Waals surface area contributed by atoms with Gasteiger partial charge in [-0.15, -0.1) is 36.2 Å². The van der Waals surface area contributed by atoms with Gasteiger partial charge in [0, 0.05) is 31.9 Å². The maximum absolute atomic E-state index is 12.3. The van der Waals surface area contributed by atoms with Gasteiger partial charge in [-0.3, -0.25) is 4.79 Å². The summed E-state index contributed by atoms with van der Waals surface area (Å²) in [4.78, 5) is 16.6. The van der Waals surface area contributed by atoms with Crippen molar-refractivity contribution in [1.29, 1.82) is 0 Å². The zero-order chi connectivity index (χ0) is 14.7. The second kappa shape index (κ2) is 9.01. The van der Waals surface area contributed by atoms with Crippen LogP contribution < -0.4 is 10.6 Å². The number of carbonyl (C=O) groups excluding carboxylic acids is 1. The van der Waals surface area contributed by atoms with Crippen LogP contribution in [0.25, 0.3) is 0 Å². The molecule has 3 rings (SSSR count). The molecule has 1 aromatic carbocycles. The SMILES string of the molecule is Cl.Cl.Nc1ccc(CC(=O)N2CCN(c3cccs3)CC2)cc1. The second-order valence-electron chi connectivity index (χ2n) is 5.24. The van der Waals surface area contributed by atoms with Crippen LogP contribution in [0.5, 0.6) is 0 Å². The van der Waals surface area contributed by atoms with Crippen LogP contribution in [-0.4, -0.2) is 37.0 Å². The van der Waals surface area contributed by atoms with E-state index < -0.39 is 0 Å². The number of amides is 1. The van der Waals surface area contributed by atoms with E-state index in [9.17, 15) is 4.79 Å². The number of benzene rings is 1. The molecule has 2 aromatic rings. The van der Waals surface area contributed by atoms with Crippen LogP contribution in [0.15, 0.2) is 41.8 Å². The summed E-state index contributed by atoms with van der Waals surface area (Å²) in [6.07, 6.45) is 0.458. The van der Waals surface area contributed by atoms with E-state index in [0.717, 1.165) is 37.4 Å². The van der Waals surface area contributed by atoms with Crippen molar-refractivity contribution >= 4 is 52.7 Å². The summed E-state index contributed by atoms with van der Waals surface area (Å²) in [6.45, 7) is 3.42. The number of hydrogen-bond acceptors (Lipinski definition) is 4. The first kappa shape index (κ1) is 19.6. The second-order valence-corrected chi connectivity index (χ2v) is 6.16. The van der Waals surface area contributed by atoms with Gasteiger partial charge in [0.2, 0.25) is 5.91 Å². The van der Waals surface area contributed by atoms with Crippen molar-refractivity contribution in [2.75, 3.05) is 36.8 Å². The quantitative estimate of drug-likeness (QED) is 0.841. The first-order chi connectivity index (χ1) is 10.2. The Morgan fingerprint density at radius 2 is 1.70 bits per heavy atom. The Labute approximate surface area is 153 Å². The lowest BCUT2D eigenvalue weighted by atomic mass is 10.1. The molecule has 1 aliphatic heterocycles. The molecule has 0 unspecified atom stereocenters. The summed E-state index contributed by atoms with van der Waals surface area (Å²) in [6, 6.07) is 11.7. The minimum atomic E-state index is 0.